The molecule has 1 amide bonds. The van der Waals surface area contributed by atoms with Crippen LogP contribution in [0.3, 0.4) is 0 Å². The van der Waals surface area contributed by atoms with Crippen molar-refractivity contribution in [1.82, 2.24) is 19.4 Å². The molecule has 0 unspecified atom stereocenters. The Morgan fingerprint density at radius 3 is 2.24 bits per heavy atom. The number of carbonyl (C=O) groups excluding carboxylic acids is 1. The number of rotatable bonds is 7. The molecule has 0 bridgehead atoms. The molecule has 11 heteroatoms. The Morgan fingerprint density at radius 2 is 1.59 bits per heavy atom. The minimum atomic E-state index is -3.55. The van der Waals surface area contributed by atoms with Crippen LogP contribution in [0.1, 0.15) is 24.2 Å². The molecule has 194 valence electrons. The molecular weight excluding hydrogens is 494 g/mol. The molecule has 2 aromatic carbocycles. The highest BCUT2D eigenvalue weighted by atomic mass is 32.2. The second-order valence-electron chi connectivity index (χ2n) is 8.74. The van der Waals surface area contributed by atoms with E-state index in [1.807, 2.05) is 30.3 Å². The zero-order valence-electron chi connectivity index (χ0n) is 20.8. The fourth-order valence-corrected chi connectivity index (χ4v) is 5.97. The van der Waals surface area contributed by atoms with Gasteiger partial charge in [0.05, 0.1) is 10.6 Å². The monoisotopic (exact) mass is 523 g/mol. The molecule has 3 heterocycles. The minimum absolute atomic E-state index is 0.115. The summed E-state index contributed by atoms with van der Waals surface area (Å²) in [5.41, 5.74) is 2.11. The smallest absolute Gasteiger partial charge is 0.253 e. The predicted molar refractivity (Wildman–Crippen MR) is 138 cm³/mol. The Balaban J connectivity index is 1.20. The van der Waals surface area contributed by atoms with Crippen molar-refractivity contribution in [3.63, 3.8) is 0 Å². The van der Waals surface area contributed by atoms with Gasteiger partial charge in [0.15, 0.2) is 17.3 Å². The number of hydrogen-bond acceptors (Lipinski definition) is 8. The van der Waals surface area contributed by atoms with Gasteiger partial charge in [0.2, 0.25) is 16.8 Å². The van der Waals surface area contributed by atoms with Crippen molar-refractivity contribution >= 4 is 21.7 Å². The number of benzene rings is 2. The quantitative estimate of drug-likeness (QED) is 0.466. The molecule has 1 fully saturated rings. The maximum absolute atomic E-state index is 13.0. The van der Waals surface area contributed by atoms with Crippen molar-refractivity contribution < 1.29 is 22.7 Å². The van der Waals surface area contributed by atoms with Crippen molar-refractivity contribution in [2.45, 2.75) is 18.7 Å². The van der Waals surface area contributed by atoms with Crippen molar-refractivity contribution in [2.75, 3.05) is 51.0 Å². The Labute approximate surface area is 216 Å². The van der Waals surface area contributed by atoms with E-state index in [0.717, 1.165) is 22.8 Å². The molecule has 0 radical (unpaired) electrons. The van der Waals surface area contributed by atoms with Crippen LogP contribution in [0.2, 0.25) is 0 Å². The first-order chi connectivity index (χ1) is 17.9. The molecule has 0 spiro atoms. The van der Waals surface area contributed by atoms with E-state index in [1.54, 1.807) is 30.9 Å². The Morgan fingerprint density at radius 1 is 0.892 bits per heavy atom. The lowest BCUT2D eigenvalue weighted by Crippen LogP contribution is -2.49. The molecule has 37 heavy (non-hydrogen) atoms. The topological polar surface area (TPSA) is 105 Å². The summed E-state index contributed by atoms with van der Waals surface area (Å²) in [5.74, 6) is 2.06. The van der Waals surface area contributed by atoms with Gasteiger partial charge in [-0.15, -0.1) is 10.2 Å². The van der Waals surface area contributed by atoms with E-state index in [-0.39, 0.29) is 17.6 Å². The van der Waals surface area contributed by atoms with Gasteiger partial charge in [0.1, 0.15) is 0 Å². The Kier molecular flexibility index (Phi) is 6.98. The number of amides is 1. The van der Waals surface area contributed by atoms with E-state index in [9.17, 15) is 13.2 Å². The standard InChI is InChI=1S/C26H29N5O5S/c1-3-31(4-2)37(33,34)21-8-5-19(6-9-21)26(32)30-15-13-29(14-16-30)25-12-10-22(27-28-25)20-7-11-23-24(17-20)36-18-35-23/h5-12,17H,3-4,13-16,18H2,1-2H3. The first-order valence-electron chi connectivity index (χ1n) is 12.3. The number of ether oxygens (including phenoxy) is 2. The van der Waals surface area contributed by atoms with Gasteiger partial charge in [-0.25, -0.2) is 8.42 Å². The third-order valence-electron chi connectivity index (χ3n) is 6.65. The van der Waals surface area contributed by atoms with Crippen LogP contribution in [0.4, 0.5) is 5.82 Å². The number of hydrogen-bond donors (Lipinski definition) is 0. The normalized spacial score (nSPS) is 15.3. The number of carbonyl (C=O) groups is 1. The number of fused-ring (bicyclic) bond motifs is 1. The fourth-order valence-electron chi connectivity index (χ4n) is 4.51. The lowest BCUT2D eigenvalue weighted by molar-refractivity contribution is 0.0746. The van der Waals surface area contributed by atoms with E-state index < -0.39 is 10.0 Å². The van der Waals surface area contributed by atoms with Crippen LogP contribution >= 0.6 is 0 Å². The van der Waals surface area contributed by atoms with Crippen molar-refractivity contribution in [2.24, 2.45) is 0 Å². The van der Waals surface area contributed by atoms with Crippen LogP contribution in [-0.4, -0.2) is 79.8 Å². The lowest BCUT2D eigenvalue weighted by Gasteiger charge is -2.35. The van der Waals surface area contributed by atoms with Gasteiger partial charge < -0.3 is 19.3 Å². The molecule has 1 aromatic heterocycles. The molecule has 1 saturated heterocycles. The maximum atomic E-state index is 13.0. The Hall–Kier alpha value is -3.70. The third kappa shape index (κ3) is 4.96. The second kappa shape index (κ2) is 10.3. The SMILES string of the molecule is CCN(CC)S(=O)(=O)c1ccc(C(=O)N2CCN(c3ccc(-c4ccc5c(c4)OCO5)nn3)CC2)cc1. The van der Waals surface area contributed by atoms with Crippen molar-refractivity contribution in [3.05, 3.63) is 60.2 Å². The van der Waals surface area contributed by atoms with E-state index >= 15 is 0 Å². The molecule has 10 nitrogen and oxygen atoms in total. The summed E-state index contributed by atoms with van der Waals surface area (Å²) in [6.07, 6.45) is 0. The molecule has 2 aliphatic heterocycles. The number of nitrogens with zero attached hydrogens (tertiary/aromatic N) is 5. The first kappa shape index (κ1) is 25.0. The number of anilines is 1. The number of piperazine rings is 1. The van der Waals surface area contributed by atoms with Crippen LogP contribution in [-0.2, 0) is 10.0 Å². The van der Waals surface area contributed by atoms with Gasteiger partial charge in [-0.1, -0.05) is 13.8 Å². The molecular formula is C26H29N5O5S. The zero-order valence-corrected chi connectivity index (χ0v) is 21.6. The maximum Gasteiger partial charge on any atom is 0.253 e. The average Bonchev–Trinajstić information content (AvgIpc) is 3.42. The van der Waals surface area contributed by atoms with Gasteiger partial charge in [0.25, 0.3) is 5.91 Å². The van der Waals surface area contributed by atoms with Gasteiger partial charge in [-0.05, 0) is 54.6 Å². The van der Waals surface area contributed by atoms with E-state index in [1.165, 1.54) is 16.4 Å². The number of sulfonamides is 1. The highest BCUT2D eigenvalue weighted by molar-refractivity contribution is 7.89. The number of aromatic nitrogens is 2. The van der Waals surface area contributed by atoms with Crippen LogP contribution in [0.25, 0.3) is 11.3 Å². The predicted octanol–water partition coefficient (Wildman–Crippen LogP) is 2.87. The Bertz CT molecular complexity index is 1370. The molecule has 0 atom stereocenters. The molecule has 5 rings (SSSR count). The van der Waals surface area contributed by atoms with Crippen LogP contribution < -0.4 is 14.4 Å². The highest BCUT2D eigenvalue weighted by Gasteiger charge is 2.25. The summed E-state index contributed by atoms with van der Waals surface area (Å²) in [6.45, 7) is 6.94. The molecule has 0 N–H and O–H groups in total. The summed E-state index contributed by atoms with van der Waals surface area (Å²) in [7, 11) is -3.55. The molecule has 3 aromatic rings. The van der Waals surface area contributed by atoms with Crippen molar-refractivity contribution in [1.29, 1.82) is 0 Å². The summed E-state index contributed by atoms with van der Waals surface area (Å²) < 4.78 is 37.6. The molecule has 0 saturated carbocycles. The largest absolute Gasteiger partial charge is 0.454 e. The summed E-state index contributed by atoms with van der Waals surface area (Å²) in [6, 6.07) is 15.7. The lowest BCUT2D eigenvalue weighted by atomic mass is 10.1. The summed E-state index contributed by atoms with van der Waals surface area (Å²) >= 11 is 0. The molecule has 0 aliphatic carbocycles. The second-order valence-corrected chi connectivity index (χ2v) is 10.7. The fraction of sp³-hybridized carbons (Fsp3) is 0.346. The van der Waals surface area contributed by atoms with Crippen LogP contribution in [0, 0.1) is 0 Å². The summed E-state index contributed by atoms with van der Waals surface area (Å²) in [5, 5.41) is 8.78. The van der Waals surface area contributed by atoms with E-state index in [2.05, 4.69) is 15.1 Å². The van der Waals surface area contributed by atoms with Gasteiger partial charge in [0, 0.05) is 50.4 Å². The average molecular weight is 524 g/mol. The van der Waals surface area contributed by atoms with E-state index in [0.29, 0.717) is 50.6 Å². The van der Waals surface area contributed by atoms with Gasteiger partial charge >= 0.3 is 0 Å². The minimum Gasteiger partial charge on any atom is -0.454 e. The third-order valence-corrected chi connectivity index (χ3v) is 8.72. The zero-order chi connectivity index (χ0) is 26.0. The van der Waals surface area contributed by atoms with Gasteiger partial charge in [-0.2, -0.15) is 4.31 Å². The first-order valence-corrected chi connectivity index (χ1v) is 13.7. The van der Waals surface area contributed by atoms with E-state index in [4.69, 9.17) is 9.47 Å². The van der Waals surface area contributed by atoms with Crippen LogP contribution in [0.15, 0.2) is 59.5 Å². The van der Waals surface area contributed by atoms with Gasteiger partial charge in [-0.3, -0.25) is 4.79 Å². The highest BCUT2D eigenvalue weighted by Crippen LogP contribution is 2.35. The van der Waals surface area contributed by atoms with Crippen LogP contribution in [0.5, 0.6) is 11.5 Å². The summed E-state index contributed by atoms with van der Waals surface area (Å²) in [4.78, 5) is 17.1. The molecule has 2 aliphatic rings. The van der Waals surface area contributed by atoms with Crippen molar-refractivity contribution in [3.8, 4) is 22.8 Å².